The van der Waals surface area contributed by atoms with Crippen molar-refractivity contribution in [1.29, 1.82) is 0 Å². The smallest absolute Gasteiger partial charge is 0.254 e. The summed E-state index contributed by atoms with van der Waals surface area (Å²) >= 11 is 1.62. The quantitative estimate of drug-likeness (QED) is 0.318. The molecule has 0 spiro atoms. The van der Waals surface area contributed by atoms with E-state index in [1.165, 1.54) is 0 Å². The molecule has 1 aromatic heterocycles. The van der Waals surface area contributed by atoms with Crippen LogP contribution in [0.3, 0.4) is 0 Å². The minimum Gasteiger partial charge on any atom is -0.383 e. The normalized spacial score (nSPS) is 10.9. The first-order valence-corrected chi connectivity index (χ1v) is 12.1. The Morgan fingerprint density at radius 1 is 0.824 bits per heavy atom. The lowest BCUT2D eigenvalue weighted by Gasteiger charge is -2.27. The van der Waals surface area contributed by atoms with E-state index in [0.29, 0.717) is 31.8 Å². The minimum atomic E-state index is -0.174. The average Bonchev–Trinajstić information content (AvgIpc) is 3.39. The largest absolute Gasteiger partial charge is 0.383 e. The van der Waals surface area contributed by atoms with Crippen molar-refractivity contribution < 1.29 is 14.3 Å². The molecule has 0 atom stereocenters. The molecule has 1 heterocycles. The highest BCUT2D eigenvalue weighted by Gasteiger charge is 2.23. The molecule has 4 aromatic rings. The summed E-state index contributed by atoms with van der Waals surface area (Å²) in [5, 5.41) is 4.08. The summed E-state index contributed by atoms with van der Waals surface area (Å²) in [6.07, 6.45) is 0. The predicted octanol–water partition coefficient (Wildman–Crippen LogP) is 5.22. The standard InChI is InChI=1S/C28H28N2O3S/c1-33-16-15-29(28(32)25-14-13-23-10-5-6-11-24(23)18-25)21-27(31)30(20-26-12-7-17-34-26)19-22-8-3-2-4-9-22/h2-14,17-18H,15-16,19-21H2,1H3. The number of carbonyl (C=O) groups excluding carboxylic acids is 2. The van der Waals surface area contributed by atoms with Crippen molar-refractivity contribution in [1.82, 2.24) is 9.80 Å². The van der Waals surface area contributed by atoms with Gasteiger partial charge in [0.05, 0.1) is 13.2 Å². The molecule has 34 heavy (non-hydrogen) atoms. The highest BCUT2D eigenvalue weighted by atomic mass is 32.1. The second-order valence-corrected chi connectivity index (χ2v) is 9.13. The maximum absolute atomic E-state index is 13.5. The fourth-order valence-electron chi connectivity index (χ4n) is 3.85. The number of hydrogen-bond acceptors (Lipinski definition) is 4. The topological polar surface area (TPSA) is 49.9 Å². The van der Waals surface area contributed by atoms with Gasteiger partial charge in [0, 0.05) is 30.6 Å². The number of nitrogens with zero attached hydrogens (tertiary/aromatic N) is 2. The molecule has 5 nitrogen and oxygen atoms in total. The van der Waals surface area contributed by atoms with E-state index in [0.717, 1.165) is 21.2 Å². The third-order valence-corrected chi connectivity index (χ3v) is 6.53. The number of carbonyl (C=O) groups is 2. The summed E-state index contributed by atoms with van der Waals surface area (Å²) in [5.41, 5.74) is 1.62. The Bertz CT molecular complexity index is 1220. The Kier molecular flexibility index (Phi) is 8.07. The van der Waals surface area contributed by atoms with Gasteiger partial charge >= 0.3 is 0 Å². The molecule has 0 radical (unpaired) electrons. The fraction of sp³-hybridized carbons (Fsp3) is 0.214. The van der Waals surface area contributed by atoms with E-state index >= 15 is 0 Å². The fourth-order valence-corrected chi connectivity index (χ4v) is 4.57. The van der Waals surface area contributed by atoms with Crippen molar-refractivity contribution in [3.05, 3.63) is 106 Å². The maximum atomic E-state index is 13.5. The van der Waals surface area contributed by atoms with Crippen LogP contribution in [0.4, 0.5) is 0 Å². The summed E-state index contributed by atoms with van der Waals surface area (Å²) in [5.74, 6) is -0.269. The van der Waals surface area contributed by atoms with Gasteiger partial charge in [0.25, 0.3) is 5.91 Å². The molecule has 0 aliphatic rings. The summed E-state index contributed by atoms with van der Waals surface area (Å²) < 4.78 is 5.23. The van der Waals surface area contributed by atoms with Crippen LogP contribution in [0, 0.1) is 0 Å². The van der Waals surface area contributed by atoms with Crippen LogP contribution < -0.4 is 0 Å². The van der Waals surface area contributed by atoms with Crippen molar-refractivity contribution >= 4 is 33.9 Å². The van der Waals surface area contributed by atoms with Gasteiger partial charge in [0.15, 0.2) is 0 Å². The third-order valence-electron chi connectivity index (χ3n) is 5.67. The van der Waals surface area contributed by atoms with E-state index in [4.69, 9.17) is 4.74 Å². The number of amides is 2. The van der Waals surface area contributed by atoms with Crippen LogP contribution in [0.25, 0.3) is 10.8 Å². The SMILES string of the molecule is COCCN(CC(=O)N(Cc1ccccc1)Cc1cccs1)C(=O)c1ccc2ccccc2c1. The lowest BCUT2D eigenvalue weighted by Crippen LogP contribution is -2.43. The van der Waals surface area contributed by atoms with Gasteiger partial charge in [0.2, 0.25) is 5.91 Å². The lowest BCUT2D eigenvalue weighted by atomic mass is 10.1. The van der Waals surface area contributed by atoms with Gasteiger partial charge < -0.3 is 14.5 Å². The summed E-state index contributed by atoms with van der Waals surface area (Å²) in [6, 6.07) is 27.5. The number of hydrogen-bond donors (Lipinski definition) is 0. The van der Waals surface area contributed by atoms with E-state index < -0.39 is 0 Å². The molecule has 0 fully saturated rings. The van der Waals surface area contributed by atoms with Crippen molar-refractivity contribution in [2.24, 2.45) is 0 Å². The summed E-state index contributed by atoms with van der Waals surface area (Å²) in [6.45, 7) is 1.68. The molecule has 2 amide bonds. The molecule has 0 bridgehead atoms. The first-order valence-electron chi connectivity index (χ1n) is 11.2. The first-order chi connectivity index (χ1) is 16.6. The highest BCUT2D eigenvalue weighted by Crippen LogP contribution is 2.18. The number of benzene rings is 3. The number of fused-ring (bicyclic) bond motifs is 1. The van der Waals surface area contributed by atoms with Crippen molar-refractivity contribution in [3.63, 3.8) is 0 Å². The number of ether oxygens (including phenoxy) is 1. The van der Waals surface area contributed by atoms with Gasteiger partial charge in [-0.15, -0.1) is 11.3 Å². The molecule has 6 heteroatoms. The van der Waals surface area contributed by atoms with Crippen LogP contribution in [-0.4, -0.2) is 48.4 Å². The zero-order valence-electron chi connectivity index (χ0n) is 19.2. The molecule has 0 N–H and O–H groups in total. The molecule has 0 saturated heterocycles. The molecule has 0 aliphatic carbocycles. The zero-order chi connectivity index (χ0) is 23.8. The Hall–Kier alpha value is -3.48. The average molecular weight is 473 g/mol. The molecule has 0 saturated carbocycles. The van der Waals surface area contributed by atoms with Gasteiger partial charge in [-0.1, -0.05) is 66.7 Å². The van der Waals surface area contributed by atoms with Gasteiger partial charge in [-0.05, 0) is 39.9 Å². The molecule has 4 rings (SSSR count). The van der Waals surface area contributed by atoms with Crippen molar-refractivity contribution in [2.75, 3.05) is 26.8 Å². The predicted molar refractivity (Wildman–Crippen MR) is 137 cm³/mol. The lowest BCUT2D eigenvalue weighted by molar-refractivity contribution is -0.133. The van der Waals surface area contributed by atoms with E-state index in [1.807, 2.05) is 95.2 Å². The number of thiophene rings is 1. The van der Waals surface area contributed by atoms with Gasteiger partial charge in [0.1, 0.15) is 6.54 Å². The molecule has 3 aromatic carbocycles. The third kappa shape index (κ3) is 6.10. The van der Waals surface area contributed by atoms with E-state index in [-0.39, 0.29) is 18.4 Å². The van der Waals surface area contributed by atoms with Gasteiger partial charge in [-0.3, -0.25) is 9.59 Å². The van der Waals surface area contributed by atoms with Gasteiger partial charge in [-0.2, -0.15) is 0 Å². The maximum Gasteiger partial charge on any atom is 0.254 e. The molecular formula is C28H28N2O3S. The number of rotatable bonds is 10. The number of methoxy groups -OCH3 is 1. The van der Waals surface area contributed by atoms with Crippen LogP contribution in [0.15, 0.2) is 90.3 Å². The highest BCUT2D eigenvalue weighted by molar-refractivity contribution is 7.09. The Labute approximate surface area is 204 Å². The summed E-state index contributed by atoms with van der Waals surface area (Å²) in [7, 11) is 1.60. The van der Waals surface area contributed by atoms with Gasteiger partial charge in [-0.25, -0.2) is 0 Å². The van der Waals surface area contributed by atoms with Crippen LogP contribution in [0.2, 0.25) is 0 Å². The summed E-state index contributed by atoms with van der Waals surface area (Å²) in [4.78, 5) is 31.4. The van der Waals surface area contributed by atoms with Crippen molar-refractivity contribution in [2.45, 2.75) is 13.1 Å². The first kappa shape index (κ1) is 23.7. The Morgan fingerprint density at radius 3 is 2.32 bits per heavy atom. The van der Waals surface area contributed by atoms with Crippen LogP contribution in [0.5, 0.6) is 0 Å². The Morgan fingerprint density at radius 2 is 1.59 bits per heavy atom. The minimum absolute atomic E-state index is 0.00672. The van der Waals surface area contributed by atoms with E-state index in [2.05, 4.69) is 0 Å². The second kappa shape index (κ2) is 11.6. The Balaban J connectivity index is 1.55. The van der Waals surface area contributed by atoms with Crippen LogP contribution in [-0.2, 0) is 22.6 Å². The van der Waals surface area contributed by atoms with Crippen LogP contribution >= 0.6 is 11.3 Å². The molecular weight excluding hydrogens is 444 g/mol. The second-order valence-electron chi connectivity index (χ2n) is 8.10. The van der Waals surface area contributed by atoms with E-state index in [1.54, 1.807) is 23.3 Å². The van der Waals surface area contributed by atoms with Crippen LogP contribution in [0.1, 0.15) is 20.8 Å². The molecule has 0 unspecified atom stereocenters. The van der Waals surface area contributed by atoms with Crippen molar-refractivity contribution in [3.8, 4) is 0 Å². The molecule has 0 aliphatic heterocycles. The molecule has 174 valence electrons. The van der Waals surface area contributed by atoms with E-state index in [9.17, 15) is 9.59 Å². The monoisotopic (exact) mass is 472 g/mol. The zero-order valence-corrected chi connectivity index (χ0v) is 20.0.